The van der Waals surface area contributed by atoms with Crippen LogP contribution in [0.15, 0.2) is 12.0 Å². The molecule has 0 saturated heterocycles. The van der Waals surface area contributed by atoms with Crippen LogP contribution in [0.1, 0.15) is 19.8 Å². The fraction of sp³-hybridized carbons (Fsp3) is 0.667. The Hall–Kier alpha value is -0.283. The van der Waals surface area contributed by atoms with Gasteiger partial charge in [0.25, 0.3) is 9.04 Å². The van der Waals surface area contributed by atoms with Gasteiger partial charge < -0.3 is 4.89 Å². The third-order valence-corrected chi connectivity index (χ3v) is 3.29. The summed E-state index contributed by atoms with van der Waals surface area (Å²) in [5.41, 5.74) is 2.08. The van der Waals surface area contributed by atoms with Crippen molar-refractivity contribution < 1.29 is 9.46 Å². The van der Waals surface area contributed by atoms with Gasteiger partial charge in [-0.25, -0.2) is 4.58 Å². The van der Waals surface area contributed by atoms with Gasteiger partial charge in [0, 0.05) is 0 Å². The maximum absolute atomic E-state index is 4.98. The Morgan fingerprint density at radius 3 is 3.00 bits per heavy atom. The topological polar surface area (TPSA) is 18.5 Å². The van der Waals surface area contributed by atoms with Crippen molar-refractivity contribution in [3.63, 3.8) is 0 Å². The molecule has 0 bridgehead atoms. The lowest BCUT2D eigenvalue weighted by molar-refractivity contribution is -0.144. The molecule has 0 fully saturated rings. The third-order valence-electron chi connectivity index (χ3n) is 1.37. The van der Waals surface area contributed by atoms with Gasteiger partial charge in [0.1, 0.15) is 6.26 Å². The van der Waals surface area contributed by atoms with E-state index in [0.29, 0.717) is 0 Å². The highest BCUT2D eigenvalue weighted by Gasteiger charge is 2.13. The zero-order valence-corrected chi connectivity index (χ0v) is 6.82. The van der Waals surface area contributed by atoms with Crippen molar-refractivity contribution in [1.82, 2.24) is 0 Å². The van der Waals surface area contributed by atoms with Crippen molar-refractivity contribution >= 4 is 9.04 Å². The molecule has 0 amide bonds. The van der Waals surface area contributed by atoms with E-state index < -0.39 is 9.04 Å². The molecule has 1 unspecified atom stereocenters. The van der Waals surface area contributed by atoms with Gasteiger partial charge >= 0.3 is 0 Å². The van der Waals surface area contributed by atoms with Crippen LogP contribution in [-0.2, 0) is 9.46 Å². The highest BCUT2D eigenvalue weighted by atomic mass is 28.3. The molecular formula is C6H12O2Si. The first-order valence-electron chi connectivity index (χ1n) is 3.42. The number of rotatable bonds is 3. The van der Waals surface area contributed by atoms with E-state index >= 15 is 0 Å². The van der Waals surface area contributed by atoms with Gasteiger partial charge in [-0.2, -0.15) is 0 Å². The van der Waals surface area contributed by atoms with Crippen LogP contribution in [0.2, 0.25) is 6.04 Å². The maximum atomic E-state index is 4.98. The van der Waals surface area contributed by atoms with Gasteiger partial charge in [-0.15, -0.1) is 0 Å². The van der Waals surface area contributed by atoms with Crippen molar-refractivity contribution in [1.29, 1.82) is 0 Å². The second kappa shape index (κ2) is 3.69. The van der Waals surface area contributed by atoms with E-state index in [2.05, 4.69) is 17.5 Å². The highest BCUT2D eigenvalue weighted by molar-refractivity contribution is 6.57. The molecule has 0 aliphatic carbocycles. The molecule has 1 aliphatic heterocycles. The molecule has 0 N–H and O–H groups in total. The SMILES string of the molecule is CCCC[SiH]1C=COO1. The van der Waals surface area contributed by atoms with Gasteiger partial charge in [-0.05, 0) is 11.7 Å². The first-order chi connectivity index (χ1) is 4.43. The van der Waals surface area contributed by atoms with E-state index in [9.17, 15) is 0 Å². The number of hydrogen-bond donors (Lipinski definition) is 0. The zero-order valence-electron chi connectivity index (χ0n) is 5.67. The van der Waals surface area contributed by atoms with Gasteiger partial charge in [0.2, 0.25) is 0 Å². The van der Waals surface area contributed by atoms with Crippen molar-refractivity contribution in [2.45, 2.75) is 25.8 Å². The van der Waals surface area contributed by atoms with E-state index in [-0.39, 0.29) is 0 Å². The molecule has 1 atom stereocenters. The molecule has 0 saturated carbocycles. The van der Waals surface area contributed by atoms with E-state index in [4.69, 9.17) is 4.58 Å². The molecule has 0 spiro atoms. The summed E-state index contributed by atoms with van der Waals surface area (Å²) in [6.45, 7) is 2.19. The second-order valence-corrected chi connectivity index (χ2v) is 4.43. The molecule has 9 heavy (non-hydrogen) atoms. The van der Waals surface area contributed by atoms with Gasteiger partial charge in [0.05, 0.1) is 0 Å². The van der Waals surface area contributed by atoms with Crippen LogP contribution in [0.5, 0.6) is 0 Å². The fourth-order valence-electron chi connectivity index (χ4n) is 0.805. The van der Waals surface area contributed by atoms with E-state index in [1.807, 2.05) is 0 Å². The summed E-state index contributed by atoms with van der Waals surface area (Å²) in [5, 5.41) is 0. The van der Waals surface area contributed by atoms with Gasteiger partial charge in [0.15, 0.2) is 0 Å². The summed E-state index contributed by atoms with van der Waals surface area (Å²) in [6, 6.07) is 1.22. The van der Waals surface area contributed by atoms with E-state index in [1.54, 1.807) is 6.26 Å². The van der Waals surface area contributed by atoms with Crippen LogP contribution in [0.3, 0.4) is 0 Å². The minimum atomic E-state index is -1.00. The molecule has 1 heterocycles. The Morgan fingerprint density at radius 1 is 1.56 bits per heavy atom. The van der Waals surface area contributed by atoms with E-state index in [1.165, 1.54) is 18.9 Å². The lowest BCUT2D eigenvalue weighted by atomic mass is 10.4. The largest absolute Gasteiger partial charge is 0.358 e. The fourth-order valence-corrected chi connectivity index (χ4v) is 2.41. The zero-order chi connectivity index (χ0) is 6.53. The molecular weight excluding hydrogens is 132 g/mol. The Bertz CT molecular complexity index is 103. The van der Waals surface area contributed by atoms with Crippen LogP contribution in [0.4, 0.5) is 0 Å². The Labute approximate surface area is 57.1 Å². The molecule has 0 aromatic rings. The maximum Gasteiger partial charge on any atom is 0.266 e. The Morgan fingerprint density at radius 2 is 2.44 bits per heavy atom. The van der Waals surface area contributed by atoms with Crippen molar-refractivity contribution in [2.24, 2.45) is 0 Å². The minimum absolute atomic E-state index is 1.00. The molecule has 0 aromatic heterocycles. The number of hydrogen-bond acceptors (Lipinski definition) is 2. The van der Waals surface area contributed by atoms with Gasteiger partial charge in [-0.3, -0.25) is 0 Å². The van der Waals surface area contributed by atoms with Crippen molar-refractivity contribution in [3.8, 4) is 0 Å². The van der Waals surface area contributed by atoms with Crippen molar-refractivity contribution in [2.75, 3.05) is 0 Å². The molecule has 52 valence electrons. The van der Waals surface area contributed by atoms with Crippen LogP contribution in [0, 0.1) is 0 Å². The van der Waals surface area contributed by atoms with Crippen molar-refractivity contribution in [3.05, 3.63) is 12.0 Å². The molecule has 1 aliphatic rings. The molecule has 1 rings (SSSR count). The molecule has 0 aromatic carbocycles. The summed E-state index contributed by atoms with van der Waals surface area (Å²) in [6.07, 6.45) is 4.18. The summed E-state index contributed by atoms with van der Waals surface area (Å²) in [4.78, 5) is 4.64. The number of unbranched alkanes of at least 4 members (excludes halogenated alkanes) is 1. The summed E-state index contributed by atoms with van der Waals surface area (Å²) >= 11 is 0. The average molecular weight is 144 g/mol. The van der Waals surface area contributed by atoms with Crippen LogP contribution < -0.4 is 0 Å². The smallest absolute Gasteiger partial charge is 0.266 e. The van der Waals surface area contributed by atoms with Crippen LogP contribution in [-0.4, -0.2) is 9.04 Å². The molecule has 3 heteroatoms. The lowest BCUT2D eigenvalue weighted by Crippen LogP contribution is -2.08. The minimum Gasteiger partial charge on any atom is -0.358 e. The lowest BCUT2D eigenvalue weighted by Gasteiger charge is -2.00. The van der Waals surface area contributed by atoms with E-state index in [0.717, 1.165) is 0 Å². The summed E-state index contributed by atoms with van der Waals surface area (Å²) in [5.74, 6) is 0. The Kier molecular flexibility index (Phi) is 2.80. The van der Waals surface area contributed by atoms with Crippen LogP contribution in [0.25, 0.3) is 0 Å². The summed E-state index contributed by atoms with van der Waals surface area (Å²) < 4.78 is 4.98. The van der Waals surface area contributed by atoms with Gasteiger partial charge in [-0.1, -0.05) is 19.8 Å². The highest BCUT2D eigenvalue weighted by Crippen LogP contribution is 2.08. The van der Waals surface area contributed by atoms with Crippen LogP contribution >= 0.6 is 0 Å². The molecule has 0 radical (unpaired) electrons. The average Bonchev–Trinajstić information content (AvgIpc) is 2.34. The quantitative estimate of drug-likeness (QED) is 0.442. The predicted molar refractivity (Wildman–Crippen MR) is 38.2 cm³/mol. The normalized spacial score (nSPS) is 24.3. The Balaban J connectivity index is 2.05. The third kappa shape index (κ3) is 2.20. The molecule has 2 nitrogen and oxygen atoms in total. The summed E-state index contributed by atoms with van der Waals surface area (Å²) in [7, 11) is -1.00. The second-order valence-electron chi connectivity index (χ2n) is 2.20. The standard InChI is InChI=1S/C6H12O2Si/c1-2-3-5-9-6-4-7-8-9/h4,6,9H,2-3,5H2,1H3. The first-order valence-corrected chi connectivity index (χ1v) is 5.37. The first kappa shape index (κ1) is 6.83. The predicted octanol–water partition coefficient (Wildman–Crippen LogP) is 1.52. The monoisotopic (exact) mass is 144 g/mol.